The molecule has 1 heterocycles. The van der Waals surface area contributed by atoms with Gasteiger partial charge in [0.05, 0.1) is 17.9 Å². The lowest BCUT2D eigenvalue weighted by atomic mass is 10.2. The van der Waals surface area contributed by atoms with Crippen molar-refractivity contribution in [2.45, 2.75) is 23.8 Å². The van der Waals surface area contributed by atoms with Crippen LogP contribution in [0.2, 0.25) is 0 Å². The van der Waals surface area contributed by atoms with Gasteiger partial charge in [-0.15, -0.1) is 11.8 Å². The molecule has 6 nitrogen and oxygen atoms in total. The van der Waals surface area contributed by atoms with Gasteiger partial charge in [0.25, 0.3) is 5.91 Å². The van der Waals surface area contributed by atoms with E-state index >= 15 is 0 Å². The fraction of sp³-hybridized carbons (Fsp3) is 0.467. The molecule has 1 N–H and O–H groups in total. The topological polar surface area (TPSA) is 89.5 Å². The second-order valence-electron chi connectivity index (χ2n) is 5.24. The summed E-state index contributed by atoms with van der Waals surface area (Å²) in [5.74, 6) is -0.279. The monoisotopic (exact) mass is 357 g/mol. The van der Waals surface area contributed by atoms with E-state index in [1.165, 1.54) is 0 Å². The van der Waals surface area contributed by atoms with Gasteiger partial charge in [-0.2, -0.15) is 0 Å². The number of esters is 1. The molecule has 2 rings (SSSR count). The SMILES string of the molecule is O=C(COC(=O)CCSc1ccccc1)N[C@@H]1CCS(=O)(=O)C1. The zero-order valence-corrected chi connectivity index (χ0v) is 14.2. The zero-order valence-electron chi connectivity index (χ0n) is 12.6. The third-order valence-electron chi connectivity index (χ3n) is 3.28. The molecule has 0 bridgehead atoms. The van der Waals surface area contributed by atoms with E-state index in [2.05, 4.69) is 5.32 Å². The minimum Gasteiger partial charge on any atom is -0.456 e. The van der Waals surface area contributed by atoms with Crippen molar-refractivity contribution in [2.75, 3.05) is 23.9 Å². The van der Waals surface area contributed by atoms with Gasteiger partial charge in [0.15, 0.2) is 16.4 Å². The molecule has 1 aromatic rings. The molecule has 1 aliphatic rings. The number of hydrogen-bond acceptors (Lipinski definition) is 6. The number of rotatable bonds is 7. The summed E-state index contributed by atoms with van der Waals surface area (Å²) in [5.41, 5.74) is 0. The standard InChI is InChI=1S/C15H19NO5S2/c17-14(16-12-7-9-23(19,20)11-12)10-21-15(18)6-8-22-13-4-2-1-3-5-13/h1-5,12H,6-11H2,(H,16,17)/t12-/m1/s1. The van der Waals surface area contributed by atoms with Gasteiger partial charge in [0.1, 0.15) is 0 Å². The summed E-state index contributed by atoms with van der Waals surface area (Å²) in [7, 11) is -3.04. The Morgan fingerprint density at radius 3 is 2.65 bits per heavy atom. The first-order valence-electron chi connectivity index (χ1n) is 7.28. The fourth-order valence-electron chi connectivity index (χ4n) is 2.17. The van der Waals surface area contributed by atoms with Crippen LogP contribution in [0.15, 0.2) is 35.2 Å². The number of carbonyl (C=O) groups excluding carboxylic acids is 2. The average Bonchev–Trinajstić information content (AvgIpc) is 2.85. The Morgan fingerprint density at radius 1 is 1.26 bits per heavy atom. The molecule has 0 aliphatic carbocycles. The summed E-state index contributed by atoms with van der Waals surface area (Å²) in [6.45, 7) is -0.370. The second kappa shape index (κ2) is 8.35. The quantitative estimate of drug-likeness (QED) is 0.579. The third kappa shape index (κ3) is 6.62. The largest absolute Gasteiger partial charge is 0.456 e. The number of benzene rings is 1. The van der Waals surface area contributed by atoms with Gasteiger partial charge in [-0.1, -0.05) is 18.2 Å². The molecule has 8 heteroatoms. The van der Waals surface area contributed by atoms with Crippen molar-refractivity contribution in [1.29, 1.82) is 0 Å². The molecule has 1 aromatic carbocycles. The smallest absolute Gasteiger partial charge is 0.307 e. The number of ether oxygens (including phenoxy) is 1. The van der Waals surface area contributed by atoms with E-state index in [9.17, 15) is 18.0 Å². The summed E-state index contributed by atoms with van der Waals surface area (Å²) >= 11 is 1.54. The highest BCUT2D eigenvalue weighted by Gasteiger charge is 2.28. The van der Waals surface area contributed by atoms with Crippen LogP contribution in [0.3, 0.4) is 0 Å². The molecular formula is C15H19NO5S2. The predicted molar refractivity (Wildman–Crippen MR) is 87.9 cm³/mol. The Morgan fingerprint density at radius 2 is 2.00 bits per heavy atom. The van der Waals surface area contributed by atoms with Crippen LogP contribution in [0.25, 0.3) is 0 Å². The first kappa shape index (κ1) is 17.8. The van der Waals surface area contributed by atoms with Crippen molar-refractivity contribution in [2.24, 2.45) is 0 Å². The summed E-state index contributed by atoms with van der Waals surface area (Å²) < 4.78 is 27.5. The molecule has 0 radical (unpaired) electrons. The normalized spacial score (nSPS) is 19.2. The number of thioether (sulfide) groups is 1. The van der Waals surface area contributed by atoms with E-state index < -0.39 is 21.7 Å². The maximum Gasteiger partial charge on any atom is 0.307 e. The van der Waals surface area contributed by atoms with E-state index in [1.807, 2.05) is 30.3 Å². The van der Waals surface area contributed by atoms with Crippen LogP contribution in [0, 0.1) is 0 Å². The van der Waals surface area contributed by atoms with Crippen molar-refractivity contribution in [3.8, 4) is 0 Å². The van der Waals surface area contributed by atoms with Crippen molar-refractivity contribution in [1.82, 2.24) is 5.32 Å². The van der Waals surface area contributed by atoms with E-state index in [1.54, 1.807) is 11.8 Å². The Hall–Kier alpha value is -1.54. The number of nitrogens with one attached hydrogen (secondary N) is 1. The van der Waals surface area contributed by atoms with E-state index in [0.29, 0.717) is 12.2 Å². The van der Waals surface area contributed by atoms with Crippen molar-refractivity contribution < 1.29 is 22.7 Å². The second-order valence-corrected chi connectivity index (χ2v) is 8.64. The number of sulfone groups is 1. The van der Waals surface area contributed by atoms with Crippen LogP contribution in [0.5, 0.6) is 0 Å². The van der Waals surface area contributed by atoms with Crippen LogP contribution < -0.4 is 5.32 Å². The Balaban J connectivity index is 1.59. The van der Waals surface area contributed by atoms with E-state index in [0.717, 1.165) is 4.90 Å². The lowest BCUT2D eigenvalue weighted by molar-refractivity contribution is -0.148. The van der Waals surface area contributed by atoms with Gasteiger partial charge in [-0.05, 0) is 18.6 Å². The molecule has 1 fully saturated rings. The van der Waals surface area contributed by atoms with Gasteiger partial charge in [0, 0.05) is 16.7 Å². The molecular weight excluding hydrogens is 338 g/mol. The lowest BCUT2D eigenvalue weighted by Gasteiger charge is -2.11. The van der Waals surface area contributed by atoms with Gasteiger partial charge in [0.2, 0.25) is 0 Å². The van der Waals surface area contributed by atoms with Gasteiger partial charge >= 0.3 is 5.97 Å². The molecule has 23 heavy (non-hydrogen) atoms. The number of hydrogen-bond donors (Lipinski definition) is 1. The fourth-order valence-corrected chi connectivity index (χ4v) is 4.69. The van der Waals surface area contributed by atoms with E-state index in [-0.39, 0.29) is 30.6 Å². The Bertz CT molecular complexity index is 645. The predicted octanol–water partition coefficient (Wildman–Crippen LogP) is 1.02. The van der Waals surface area contributed by atoms with Crippen LogP contribution in [-0.2, 0) is 24.2 Å². The number of amides is 1. The minimum atomic E-state index is -3.04. The van der Waals surface area contributed by atoms with Gasteiger partial charge in [-0.25, -0.2) is 8.42 Å². The maximum absolute atomic E-state index is 11.6. The summed E-state index contributed by atoms with van der Waals surface area (Å²) in [6.07, 6.45) is 0.625. The van der Waals surface area contributed by atoms with E-state index in [4.69, 9.17) is 4.74 Å². The van der Waals surface area contributed by atoms with Crippen LogP contribution >= 0.6 is 11.8 Å². The zero-order chi connectivity index (χ0) is 16.7. The highest BCUT2D eigenvalue weighted by molar-refractivity contribution is 7.99. The molecule has 1 atom stereocenters. The Labute approximate surface area is 139 Å². The number of carbonyl (C=O) groups is 2. The first-order chi connectivity index (χ1) is 10.9. The lowest BCUT2D eigenvalue weighted by Crippen LogP contribution is -2.38. The summed E-state index contributed by atoms with van der Waals surface area (Å²) in [5, 5.41) is 2.57. The third-order valence-corrected chi connectivity index (χ3v) is 6.06. The van der Waals surface area contributed by atoms with Gasteiger partial charge in [-0.3, -0.25) is 9.59 Å². The molecule has 1 amide bonds. The average molecular weight is 357 g/mol. The molecule has 0 saturated carbocycles. The van der Waals surface area contributed by atoms with Crippen molar-refractivity contribution >= 4 is 33.5 Å². The molecule has 0 unspecified atom stereocenters. The summed E-state index contributed by atoms with van der Waals surface area (Å²) in [6, 6.07) is 9.31. The molecule has 0 spiro atoms. The molecule has 126 valence electrons. The molecule has 1 aliphatic heterocycles. The highest BCUT2D eigenvalue weighted by atomic mass is 32.2. The van der Waals surface area contributed by atoms with Crippen molar-refractivity contribution in [3.05, 3.63) is 30.3 Å². The van der Waals surface area contributed by atoms with Crippen molar-refractivity contribution in [3.63, 3.8) is 0 Å². The Kier molecular flexibility index (Phi) is 6.47. The summed E-state index contributed by atoms with van der Waals surface area (Å²) in [4.78, 5) is 24.3. The van der Waals surface area contributed by atoms with Gasteiger partial charge < -0.3 is 10.1 Å². The van der Waals surface area contributed by atoms with Crippen LogP contribution in [0.4, 0.5) is 0 Å². The molecule has 0 aromatic heterocycles. The van der Waals surface area contributed by atoms with Crippen LogP contribution in [0.1, 0.15) is 12.8 Å². The maximum atomic E-state index is 11.6. The highest BCUT2D eigenvalue weighted by Crippen LogP contribution is 2.17. The first-order valence-corrected chi connectivity index (χ1v) is 10.1. The molecule has 1 saturated heterocycles. The van der Waals surface area contributed by atoms with Crippen LogP contribution in [-0.4, -0.2) is 50.2 Å². The minimum absolute atomic E-state index is 0.0413.